The second-order valence-electron chi connectivity index (χ2n) is 12.3. The van der Waals surface area contributed by atoms with E-state index in [1.165, 1.54) is 0 Å². The van der Waals surface area contributed by atoms with Crippen LogP contribution in [-0.2, 0) is 53.4 Å². The first-order valence-corrected chi connectivity index (χ1v) is 18.8. The smallest absolute Gasteiger partial charge is 0.460 e. The average Bonchev–Trinajstić information content (AvgIpc) is 3.13. The Morgan fingerprint density at radius 3 is 0.873 bits per heavy atom. The van der Waals surface area contributed by atoms with Crippen LogP contribution in [0.15, 0.2) is 46.6 Å². The Morgan fingerprint density at radius 1 is 0.429 bits per heavy atom. The van der Waals surface area contributed by atoms with Crippen LogP contribution in [0.1, 0.15) is 27.7 Å². The van der Waals surface area contributed by atoms with E-state index in [-0.39, 0.29) is 14.1 Å². The van der Waals surface area contributed by atoms with Crippen LogP contribution in [-0.4, -0.2) is 136 Å². The minimum atomic E-state index is -7.52. The van der Waals surface area contributed by atoms with Crippen LogP contribution in [0.5, 0.6) is 0 Å². The van der Waals surface area contributed by atoms with Crippen molar-refractivity contribution in [1.82, 2.24) is 8.61 Å². The first kappa shape index (κ1) is 58.6. The second-order valence-corrected chi connectivity index (χ2v) is 16.5. The lowest BCUT2D eigenvalue weighted by Crippen LogP contribution is -2.65. The van der Waals surface area contributed by atoms with Crippen LogP contribution in [0.2, 0.25) is 0 Å². The van der Waals surface area contributed by atoms with Gasteiger partial charge in [-0.2, -0.15) is 87.6 Å². The summed E-state index contributed by atoms with van der Waals surface area (Å²) in [7, 11) is -13.9. The summed E-state index contributed by atoms with van der Waals surface area (Å²) >= 11 is 0. The minimum Gasteiger partial charge on any atom is -0.461 e. The number of alkyl halides is 18. The average molecular weight is 1000 g/mol. The van der Waals surface area contributed by atoms with Crippen molar-refractivity contribution in [3.63, 3.8) is 0 Å². The Hall–Kier alpha value is -4.40. The van der Waals surface area contributed by atoms with Crippen molar-refractivity contribution in [2.75, 3.05) is 40.4 Å². The summed E-state index contributed by atoms with van der Waals surface area (Å²) in [4.78, 5) is 48.8. The highest BCUT2D eigenvalue weighted by Gasteiger charge is 2.87. The number of esters is 4. The number of carbonyl (C=O) groups is 4. The Balaban J connectivity index is 5.49. The summed E-state index contributed by atoms with van der Waals surface area (Å²) in [5, 5.41) is -14.1. The zero-order chi connectivity index (χ0) is 50.6. The molecule has 13 nitrogen and oxygen atoms in total. The second kappa shape index (κ2) is 19.8. The molecule has 0 heterocycles. The van der Waals surface area contributed by atoms with Gasteiger partial charge in [0, 0.05) is 49.5 Å². The van der Waals surface area contributed by atoms with Gasteiger partial charge in [0.1, 0.15) is 13.2 Å². The van der Waals surface area contributed by atoms with Gasteiger partial charge < -0.3 is 14.2 Å². The molecule has 0 aliphatic heterocycles. The molecule has 364 valence electrons. The highest BCUT2D eigenvalue weighted by atomic mass is 32.2. The van der Waals surface area contributed by atoms with Gasteiger partial charge in [-0.25, -0.2) is 36.0 Å². The van der Waals surface area contributed by atoms with E-state index in [2.05, 4.69) is 14.2 Å². The molecule has 0 radical (unpaired) electrons. The molecule has 0 unspecified atom stereocenters. The number of hydrogen-bond acceptors (Lipinski definition) is 11. The maximum absolute atomic E-state index is 14.0. The molecule has 0 spiro atoms. The summed E-state index contributed by atoms with van der Waals surface area (Å²) in [5.41, 5.74) is -1.93. The van der Waals surface area contributed by atoms with E-state index >= 15 is 0 Å². The quantitative estimate of drug-likeness (QED) is 0.0335. The fraction of sp³-hybridized carbons (Fsp3) is 0.600. The Kier molecular flexibility index (Phi) is 18.4. The van der Waals surface area contributed by atoms with Crippen LogP contribution in [0, 0.1) is 0 Å². The molecule has 0 fully saturated rings. The molecule has 0 saturated heterocycles. The van der Waals surface area contributed by atoms with Gasteiger partial charge in [0.25, 0.3) is 20.0 Å². The molecule has 0 aliphatic carbocycles. The number of hydrogen-bond donors (Lipinski definition) is 0. The molecule has 0 aliphatic rings. The van der Waals surface area contributed by atoms with Crippen molar-refractivity contribution in [3.05, 3.63) is 46.6 Å². The van der Waals surface area contributed by atoms with Crippen molar-refractivity contribution >= 4 is 43.9 Å². The number of rotatable bonds is 20. The lowest BCUT2D eigenvalue weighted by molar-refractivity contribution is -0.382. The van der Waals surface area contributed by atoms with E-state index in [1.807, 2.05) is 0 Å². The van der Waals surface area contributed by atoms with Crippen molar-refractivity contribution in [2.45, 2.75) is 74.2 Å². The predicted molar refractivity (Wildman–Crippen MR) is 173 cm³/mol. The molecule has 0 rings (SSSR count). The molecule has 33 heteroatoms. The molecule has 0 atom stereocenters. The highest BCUT2D eigenvalue weighted by molar-refractivity contribution is 7.90. The summed E-state index contributed by atoms with van der Waals surface area (Å²) < 4.78 is 296. The summed E-state index contributed by atoms with van der Waals surface area (Å²) in [6.07, 6.45) is -11.5. The highest BCUT2D eigenvalue weighted by Crippen LogP contribution is 2.56. The Bertz CT molecular complexity index is 1950. The summed E-state index contributed by atoms with van der Waals surface area (Å²) in [5.74, 6) is -35.8. The monoisotopic (exact) mass is 1000 g/mol. The molecular formula is C30H30F18N2O11S2. The fourth-order valence-corrected chi connectivity index (χ4v) is 5.77. The molecule has 63 heavy (non-hydrogen) atoms. The lowest BCUT2D eigenvalue weighted by atomic mass is 10.1. The number of nitrogens with zero attached hydrogens (tertiary/aromatic N) is 2. The standard InChI is InChI=1S/C30H30F18N2O11S2/c1-15(19(51)59-13-11-49(5)62(55,56)29(45,46)25(35,36)23(31,32)27(39,40)41)7-9-17(3)21(53)61-22(54)18(4)10-8-16(2)20(52)60-14-12-50(6)63(57,58)30(47,48)26(37,38)24(33,34)28(42,43)44/h7-10H,11-14H2,1-6H3. The van der Waals surface area contributed by atoms with Crippen LogP contribution in [0.4, 0.5) is 79.0 Å². The number of likely N-dealkylation sites (N-methyl/N-ethyl adjacent to an activating group) is 2. The van der Waals surface area contributed by atoms with Gasteiger partial charge in [0.15, 0.2) is 0 Å². The molecule has 0 aromatic rings. The first-order chi connectivity index (χ1) is 27.8. The third kappa shape index (κ3) is 12.0. The Labute approximate surface area is 343 Å². The number of halogens is 18. The largest absolute Gasteiger partial charge is 0.461 e. The van der Waals surface area contributed by atoms with E-state index in [4.69, 9.17) is 0 Å². The first-order valence-electron chi connectivity index (χ1n) is 15.9. The molecule has 0 aromatic carbocycles. The van der Waals surface area contributed by atoms with Crippen LogP contribution >= 0.6 is 0 Å². The van der Waals surface area contributed by atoms with Gasteiger partial charge in [-0.15, -0.1) is 0 Å². The molecular weight excluding hydrogens is 970 g/mol. The van der Waals surface area contributed by atoms with Gasteiger partial charge in [-0.1, -0.05) is 24.3 Å². The van der Waals surface area contributed by atoms with Crippen LogP contribution in [0.25, 0.3) is 0 Å². The molecule has 0 N–H and O–H groups in total. The van der Waals surface area contributed by atoms with Crippen molar-refractivity contribution < 1.29 is 129 Å². The van der Waals surface area contributed by atoms with Gasteiger partial charge in [0.05, 0.1) is 0 Å². The number of sulfonamides is 2. The molecule has 0 bridgehead atoms. The number of carbonyl (C=O) groups excluding carboxylic acids is 4. The van der Waals surface area contributed by atoms with E-state index in [0.717, 1.165) is 52.0 Å². The molecule has 0 amide bonds. The third-order valence-electron chi connectivity index (χ3n) is 7.62. The SMILES string of the molecule is CC(=CC=C(C)C(=O)OC(=O)C(C)=CC=C(C)C(=O)OCCN(C)S(=O)(=O)C(F)(F)C(F)(F)C(F)(F)C(F)(F)F)C(=O)OCCN(C)S(=O)(=O)C(F)(F)C(F)(F)C(F)(F)C(F)(F)F. The zero-order valence-electron chi connectivity index (χ0n) is 32.1. The van der Waals surface area contributed by atoms with Gasteiger partial charge in [-0.05, 0) is 27.7 Å². The van der Waals surface area contributed by atoms with Crippen LogP contribution in [0.3, 0.4) is 0 Å². The Morgan fingerprint density at radius 2 is 0.651 bits per heavy atom. The molecule has 0 aromatic heterocycles. The van der Waals surface area contributed by atoms with E-state index in [1.54, 1.807) is 0 Å². The predicted octanol–water partition coefficient (Wildman–Crippen LogP) is 6.30. The zero-order valence-corrected chi connectivity index (χ0v) is 33.8. The van der Waals surface area contributed by atoms with Crippen molar-refractivity contribution in [3.8, 4) is 0 Å². The maximum atomic E-state index is 14.0. The van der Waals surface area contributed by atoms with E-state index in [0.29, 0.717) is 0 Å². The van der Waals surface area contributed by atoms with E-state index in [9.17, 15) is 115 Å². The van der Waals surface area contributed by atoms with Gasteiger partial charge >= 0.3 is 70.4 Å². The van der Waals surface area contributed by atoms with Crippen LogP contribution < -0.4 is 0 Å². The molecule has 0 saturated carbocycles. The number of allylic oxidation sites excluding steroid dienone is 4. The van der Waals surface area contributed by atoms with Gasteiger partial charge in [-0.3, -0.25) is 0 Å². The fourth-order valence-electron chi connectivity index (χ4n) is 3.46. The topological polar surface area (TPSA) is 171 Å². The normalized spacial score (nSPS) is 15.5. The summed E-state index contributed by atoms with van der Waals surface area (Å²) in [6, 6.07) is 0. The summed E-state index contributed by atoms with van der Waals surface area (Å²) in [6.45, 7) is -1.73. The number of ether oxygens (including phenoxy) is 3. The van der Waals surface area contributed by atoms with Crippen molar-refractivity contribution in [2.24, 2.45) is 0 Å². The van der Waals surface area contributed by atoms with E-state index < -0.39 is 148 Å². The minimum absolute atomic E-state index is 0.0484. The van der Waals surface area contributed by atoms with Crippen molar-refractivity contribution in [1.29, 1.82) is 0 Å². The lowest BCUT2D eigenvalue weighted by Gasteiger charge is -2.34. The third-order valence-corrected chi connectivity index (χ3v) is 11.4. The maximum Gasteiger partial charge on any atom is 0.460 e. The van der Waals surface area contributed by atoms with Gasteiger partial charge in [0.2, 0.25) is 0 Å².